The van der Waals surface area contributed by atoms with Crippen LogP contribution < -0.4 is 0 Å². The molecule has 0 aromatic heterocycles. The molecule has 0 aromatic carbocycles. The van der Waals surface area contributed by atoms with Crippen LogP contribution in [0.1, 0.15) is 6.92 Å². The quantitative estimate of drug-likeness (QED) is 0.287. The second-order valence-corrected chi connectivity index (χ2v) is 2.39. The van der Waals surface area contributed by atoms with E-state index < -0.39 is 0 Å². The van der Waals surface area contributed by atoms with Crippen LogP contribution in [-0.2, 0) is 9.53 Å². The number of oxime groups is 1. The molecule has 12 heavy (non-hydrogen) atoms. The van der Waals surface area contributed by atoms with Gasteiger partial charge in [-0.15, -0.1) is 0 Å². The summed E-state index contributed by atoms with van der Waals surface area (Å²) in [5.41, 5.74) is 1.43. The van der Waals surface area contributed by atoms with E-state index in [1.807, 2.05) is 6.92 Å². The highest BCUT2D eigenvalue weighted by Crippen LogP contribution is 2.15. The molecule has 0 bridgehead atoms. The minimum absolute atomic E-state index is 0.324. The lowest BCUT2D eigenvalue weighted by Crippen LogP contribution is -1.96. The first kappa shape index (κ1) is 8.52. The van der Waals surface area contributed by atoms with Crippen LogP contribution in [0.2, 0.25) is 0 Å². The lowest BCUT2D eigenvalue weighted by atomic mass is 10.1. The van der Waals surface area contributed by atoms with Crippen LogP contribution in [0.3, 0.4) is 0 Å². The van der Waals surface area contributed by atoms with Crippen molar-refractivity contribution in [2.24, 2.45) is 5.16 Å². The Bertz CT molecular complexity index is 276. The zero-order valence-corrected chi connectivity index (χ0v) is 6.65. The molecule has 0 aliphatic carbocycles. The van der Waals surface area contributed by atoms with E-state index in [0.29, 0.717) is 12.2 Å². The van der Waals surface area contributed by atoms with Gasteiger partial charge in [-0.3, -0.25) is 0 Å². The van der Waals surface area contributed by atoms with Crippen molar-refractivity contribution in [3.05, 3.63) is 23.3 Å². The Morgan fingerprint density at radius 1 is 1.67 bits per heavy atom. The molecule has 1 rings (SSSR count). The topological polar surface area (TPSA) is 58.9 Å². The van der Waals surface area contributed by atoms with Gasteiger partial charge in [0.1, 0.15) is 6.61 Å². The Morgan fingerprint density at radius 2 is 2.42 bits per heavy atom. The Kier molecular flexibility index (Phi) is 2.63. The summed E-state index contributed by atoms with van der Waals surface area (Å²) in [5, 5.41) is 10.8. The third-order valence-electron chi connectivity index (χ3n) is 1.52. The number of hydrogen-bond acceptors (Lipinski definition) is 4. The summed E-state index contributed by atoms with van der Waals surface area (Å²) in [5.74, 6) is -0.324. The summed E-state index contributed by atoms with van der Waals surface area (Å²) in [6.45, 7) is 2.18. The van der Waals surface area contributed by atoms with E-state index in [-0.39, 0.29) is 5.97 Å². The lowest BCUT2D eigenvalue weighted by Gasteiger charge is -1.88. The van der Waals surface area contributed by atoms with Crippen LogP contribution in [0.4, 0.5) is 0 Å². The summed E-state index contributed by atoms with van der Waals surface area (Å²) in [7, 11) is 0. The van der Waals surface area contributed by atoms with Gasteiger partial charge in [0.15, 0.2) is 0 Å². The number of ether oxygens (including phenoxy) is 1. The van der Waals surface area contributed by atoms with Crippen LogP contribution in [0.15, 0.2) is 28.5 Å². The van der Waals surface area contributed by atoms with Crippen LogP contribution in [0.5, 0.6) is 0 Å². The Labute approximate surface area is 69.8 Å². The molecular formula is C8H9NO3. The normalized spacial score (nSPS) is 18.2. The SMILES string of the molecule is CC1=C(/C=C\C=N\O)C(=O)OC1. The summed E-state index contributed by atoms with van der Waals surface area (Å²) < 4.78 is 4.74. The molecule has 0 saturated carbocycles. The standard InChI is InChI=1S/C8H9NO3/c1-6-5-12-8(10)7(6)3-2-4-9-11/h2-4,11H,5H2,1H3/b3-2-,9-4+. The van der Waals surface area contributed by atoms with E-state index in [4.69, 9.17) is 9.94 Å². The highest BCUT2D eigenvalue weighted by Gasteiger charge is 2.18. The molecule has 0 amide bonds. The number of carbonyl (C=O) groups is 1. The monoisotopic (exact) mass is 167 g/mol. The molecule has 1 aliphatic heterocycles. The second-order valence-electron chi connectivity index (χ2n) is 2.39. The fourth-order valence-corrected chi connectivity index (χ4v) is 0.892. The fourth-order valence-electron chi connectivity index (χ4n) is 0.892. The van der Waals surface area contributed by atoms with Crippen molar-refractivity contribution < 1.29 is 14.7 Å². The van der Waals surface area contributed by atoms with Crippen molar-refractivity contribution in [3.63, 3.8) is 0 Å². The number of esters is 1. The first-order valence-electron chi connectivity index (χ1n) is 3.46. The maximum atomic E-state index is 10.9. The lowest BCUT2D eigenvalue weighted by molar-refractivity contribution is -0.135. The molecule has 4 nitrogen and oxygen atoms in total. The summed E-state index contributed by atoms with van der Waals surface area (Å²) in [6, 6.07) is 0. The third kappa shape index (κ3) is 1.72. The van der Waals surface area contributed by atoms with Gasteiger partial charge in [0.05, 0.1) is 11.8 Å². The predicted molar refractivity (Wildman–Crippen MR) is 43.1 cm³/mol. The van der Waals surface area contributed by atoms with Gasteiger partial charge in [-0.05, 0) is 24.6 Å². The van der Waals surface area contributed by atoms with Gasteiger partial charge >= 0.3 is 5.97 Å². The van der Waals surface area contributed by atoms with Gasteiger partial charge in [-0.25, -0.2) is 4.79 Å². The van der Waals surface area contributed by atoms with Gasteiger partial charge in [0, 0.05) is 0 Å². The van der Waals surface area contributed by atoms with E-state index in [0.717, 1.165) is 5.57 Å². The fraction of sp³-hybridized carbons (Fsp3) is 0.250. The third-order valence-corrected chi connectivity index (χ3v) is 1.52. The van der Waals surface area contributed by atoms with Crippen molar-refractivity contribution in [2.45, 2.75) is 6.92 Å². The molecule has 1 N–H and O–H groups in total. The van der Waals surface area contributed by atoms with Gasteiger partial charge in [0.25, 0.3) is 0 Å². The van der Waals surface area contributed by atoms with Crippen LogP contribution in [0, 0.1) is 0 Å². The number of nitrogens with zero attached hydrogens (tertiary/aromatic N) is 1. The first-order chi connectivity index (χ1) is 5.75. The minimum atomic E-state index is -0.324. The molecule has 0 aromatic rings. The first-order valence-corrected chi connectivity index (χ1v) is 3.46. The highest BCUT2D eigenvalue weighted by molar-refractivity contribution is 5.95. The van der Waals surface area contributed by atoms with E-state index in [2.05, 4.69) is 5.16 Å². The van der Waals surface area contributed by atoms with Crippen molar-refractivity contribution >= 4 is 12.2 Å². The summed E-state index contributed by atoms with van der Waals surface area (Å²) >= 11 is 0. The van der Waals surface area contributed by atoms with Crippen LogP contribution in [0.25, 0.3) is 0 Å². The number of cyclic esters (lactones) is 1. The molecule has 0 atom stereocenters. The molecular weight excluding hydrogens is 158 g/mol. The average Bonchev–Trinajstić information content (AvgIpc) is 2.35. The number of hydrogen-bond donors (Lipinski definition) is 1. The van der Waals surface area contributed by atoms with Crippen LogP contribution >= 0.6 is 0 Å². The largest absolute Gasteiger partial charge is 0.458 e. The van der Waals surface area contributed by atoms with Crippen LogP contribution in [-0.4, -0.2) is 24.0 Å². The molecule has 64 valence electrons. The number of allylic oxidation sites excluding steroid dienone is 1. The van der Waals surface area contributed by atoms with Gasteiger partial charge < -0.3 is 9.94 Å². The maximum absolute atomic E-state index is 10.9. The van der Waals surface area contributed by atoms with Crippen molar-refractivity contribution in [1.82, 2.24) is 0 Å². The molecule has 0 saturated heterocycles. The Balaban J connectivity index is 2.73. The zero-order valence-electron chi connectivity index (χ0n) is 6.65. The Hall–Kier alpha value is -1.58. The maximum Gasteiger partial charge on any atom is 0.338 e. The molecule has 4 heteroatoms. The Morgan fingerprint density at radius 3 is 2.92 bits per heavy atom. The van der Waals surface area contributed by atoms with Crippen molar-refractivity contribution in [2.75, 3.05) is 6.61 Å². The van der Waals surface area contributed by atoms with Crippen molar-refractivity contribution in [1.29, 1.82) is 0 Å². The molecule has 1 aliphatic rings. The zero-order chi connectivity index (χ0) is 8.97. The molecule has 0 unspecified atom stereocenters. The molecule has 0 fully saturated rings. The molecule has 0 radical (unpaired) electrons. The average molecular weight is 167 g/mol. The molecule has 1 heterocycles. The second kappa shape index (κ2) is 3.71. The van der Waals surface area contributed by atoms with E-state index in [1.54, 1.807) is 6.08 Å². The van der Waals surface area contributed by atoms with Crippen molar-refractivity contribution in [3.8, 4) is 0 Å². The summed E-state index contributed by atoms with van der Waals surface area (Å²) in [6.07, 6.45) is 4.22. The van der Waals surface area contributed by atoms with Gasteiger partial charge in [0.2, 0.25) is 0 Å². The number of carbonyl (C=O) groups excluding carboxylic acids is 1. The summed E-state index contributed by atoms with van der Waals surface area (Å²) in [4.78, 5) is 10.9. The van der Waals surface area contributed by atoms with E-state index in [1.165, 1.54) is 12.3 Å². The van der Waals surface area contributed by atoms with E-state index in [9.17, 15) is 4.79 Å². The highest BCUT2D eigenvalue weighted by atomic mass is 16.5. The predicted octanol–water partition coefficient (Wildman–Crippen LogP) is 0.876. The van der Waals surface area contributed by atoms with E-state index >= 15 is 0 Å². The molecule has 0 spiro atoms. The van der Waals surface area contributed by atoms with Gasteiger partial charge in [-0.1, -0.05) is 5.16 Å². The number of rotatable bonds is 2. The van der Waals surface area contributed by atoms with Gasteiger partial charge in [-0.2, -0.15) is 0 Å². The smallest absolute Gasteiger partial charge is 0.338 e. The minimum Gasteiger partial charge on any atom is -0.458 e.